The zero-order valence-corrected chi connectivity index (χ0v) is 24.4. The second-order valence-corrected chi connectivity index (χ2v) is 12.5. The summed E-state index contributed by atoms with van der Waals surface area (Å²) in [5, 5.41) is 3.14. The highest BCUT2D eigenvalue weighted by Crippen LogP contribution is 2.27. The maximum atomic E-state index is 14.1. The maximum Gasteiger partial charge on any atom is 0.264 e. The molecule has 40 heavy (non-hydrogen) atoms. The monoisotopic (exact) mass is 561 g/mol. The van der Waals surface area contributed by atoms with Gasteiger partial charge in [0.2, 0.25) is 11.8 Å². The molecule has 3 aromatic rings. The average Bonchev–Trinajstić information content (AvgIpc) is 2.95. The van der Waals surface area contributed by atoms with E-state index in [1.807, 2.05) is 50.2 Å². The first-order chi connectivity index (χ1) is 19.2. The predicted molar refractivity (Wildman–Crippen MR) is 158 cm³/mol. The van der Waals surface area contributed by atoms with Crippen molar-refractivity contribution in [2.24, 2.45) is 0 Å². The normalized spacial score (nSPS) is 14.8. The Hall–Kier alpha value is -3.65. The summed E-state index contributed by atoms with van der Waals surface area (Å²) in [7, 11) is -4.07. The van der Waals surface area contributed by atoms with E-state index in [1.54, 1.807) is 37.3 Å². The fraction of sp³-hybridized carbons (Fsp3) is 0.375. The zero-order chi connectivity index (χ0) is 28.7. The Morgan fingerprint density at radius 2 is 1.57 bits per heavy atom. The van der Waals surface area contributed by atoms with Crippen molar-refractivity contribution >= 4 is 27.5 Å². The van der Waals surface area contributed by atoms with Crippen LogP contribution >= 0.6 is 0 Å². The van der Waals surface area contributed by atoms with Crippen molar-refractivity contribution in [3.8, 4) is 0 Å². The molecule has 0 aliphatic heterocycles. The van der Waals surface area contributed by atoms with Gasteiger partial charge in [0.15, 0.2) is 0 Å². The summed E-state index contributed by atoms with van der Waals surface area (Å²) < 4.78 is 28.9. The molecule has 1 aliphatic rings. The summed E-state index contributed by atoms with van der Waals surface area (Å²) in [4.78, 5) is 29.1. The van der Waals surface area contributed by atoms with E-state index in [1.165, 1.54) is 23.5 Å². The molecule has 7 nitrogen and oxygen atoms in total. The van der Waals surface area contributed by atoms with Gasteiger partial charge in [-0.25, -0.2) is 8.42 Å². The van der Waals surface area contributed by atoms with Gasteiger partial charge in [-0.3, -0.25) is 13.9 Å². The van der Waals surface area contributed by atoms with Gasteiger partial charge in [0, 0.05) is 12.6 Å². The summed E-state index contributed by atoms with van der Waals surface area (Å²) in [5.74, 6) is -0.670. The number of carbonyl (C=O) groups excluding carboxylic acids is 2. The Labute approximate surface area is 238 Å². The van der Waals surface area contributed by atoms with Gasteiger partial charge in [-0.05, 0) is 62.9 Å². The SMILES string of the molecule is Cc1cccc(CN(C(=O)CN(c2ccccc2C)S(=O)(=O)c2ccccc2)C(C)C(=O)NC2CCCCC2)c1. The lowest BCUT2D eigenvalue weighted by molar-refractivity contribution is -0.139. The fourth-order valence-corrected chi connectivity index (χ4v) is 6.73. The number of benzene rings is 3. The van der Waals surface area contributed by atoms with E-state index in [-0.39, 0.29) is 23.4 Å². The minimum atomic E-state index is -4.07. The Bertz CT molecular complexity index is 1420. The molecule has 212 valence electrons. The lowest BCUT2D eigenvalue weighted by Crippen LogP contribution is -2.53. The van der Waals surface area contributed by atoms with Gasteiger partial charge in [-0.2, -0.15) is 0 Å². The van der Waals surface area contributed by atoms with E-state index in [2.05, 4.69) is 5.32 Å². The molecule has 3 aromatic carbocycles. The van der Waals surface area contributed by atoms with E-state index < -0.39 is 28.5 Å². The van der Waals surface area contributed by atoms with Gasteiger partial charge in [-0.1, -0.05) is 85.5 Å². The van der Waals surface area contributed by atoms with E-state index in [9.17, 15) is 18.0 Å². The standard InChI is InChI=1S/C32H39N3O4S/c1-24-13-12-15-27(21-24)22-34(26(3)32(37)33-28-16-6-4-7-17-28)31(36)23-35(30-20-11-10-14-25(30)2)40(38,39)29-18-8-5-9-19-29/h5,8-15,18-21,26,28H,4,6-7,16-17,22-23H2,1-3H3,(H,33,37). The van der Waals surface area contributed by atoms with Crippen molar-refractivity contribution in [1.29, 1.82) is 0 Å². The lowest BCUT2D eigenvalue weighted by Gasteiger charge is -2.33. The summed E-state index contributed by atoms with van der Waals surface area (Å²) in [6, 6.07) is 22.3. The number of aryl methyl sites for hydroxylation is 2. The van der Waals surface area contributed by atoms with Crippen LogP contribution in [-0.4, -0.2) is 43.8 Å². The minimum Gasteiger partial charge on any atom is -0.352 e. The largest absolute Gasteiger partial charge is 0.352 e. The van der Waals surface area contributed by atoms with Crippen LogP contribution in [0.4, 0.5) is 5.69 Å². The molecule has 0 bridgehead atoms. The third-order valence-electron chi connectivity index (χ3n) is 7.55. The van der Waals surface area contributed by atoms with Crippen LogP contribution in [0.3, 0.4) is 0 Å². The highest BCUT2D eigenvalue weighted by atomic mass is 32.2. The van der Waals surface area contributed by atoms with Crippen LogP contribution in [0.15, 0.2) is 83.8 Å². The summed E-state index contributed by atoms with van der Waals surface area (Å²) in [6.45, 7) is 5.26. The molecule has 1 saturated carbocycles. The van der Waals surface area contributed by atoms with E-state index >= 15 is 0 Å². The van der Waals surface area contributed by atoms with Crippen molar-refractivity contribution in [2.45, 2.75) is 76.4 Å². The lowest BCUT2D eigenvalue weighted by atomic mass is 9.95. The number of hydrogen-bond donors (Lipinski definition) is 1. The second-order valence-electron chi connectivity index (χ2n) is 10.6. The maximum absolute atomic E-state index is 14.1. The van der Waals surface area contributed by atoms with Crippen molar-refractivity contribution in [2.75, 3.05) is 10.8 Å². The first-order valence-corrected chi connectivity index (χ1v) is 15.4. The minimum absolute atomic E-state index is 0.0966. The number of nitrogens with one attached hydrogen (secondary N) is 1. The molecule has 4 rings (SSSR count). The van der Waals surface area contributed by atoms with Crippen LogP contribution in [0.25, 0.3) is 0 Å². The molecule has 1 atom stereocenters. The van der Waals surface area contributed by atoms with E-state index in [0.29, 0.717) is 5.69 Å². The Morgan fingerprint density at radius 3 is 2.25 bits per heavy atom. The highest BCUT2D eigenvalue weighted by molar-refractivity contribution is 7.92. The highest BCUT2D eigenvalue weighted by Gasteiger charge is 2.33. The van der Waals surface area contributed by atoms with Crippen molar-refractivity contribution in [1.82, 2.24) is 10.2 Å². The average molecular weight is 562 g/mol. The van der Waals surface area contributed by atoms with Crippen LogP contribution in [0, 0.1) is 13.8 Å². The molecular formula is C32H39N3O4S. The fourth-order valence-electron chi connectivity index (χ4n) is 5.23. The number of rotatable bonds is 10. The smallest absolute Gasteiger partial charge is 0.264 e. The first-order valence-electron chi connectivity index (χ1n) is 14.0. The number of carbonyl (C=O) groups is 2. The van der Waals surface area contributed by atoms with Crippen LogP contribution in [0.1, 0.15) is 55.7 Å². The molecule has 1 unspecified atom stereocenters. The molecule has 0 heterocycles. The molecule has 0 radical (unpaired) electrons. The van der Waals surface area contributed by atoms with E-state index in [4.69, 9.17) is 0 Å². The molecule has 1 fully saturated rings. The predicted octanol–water partition coefficient (Wildman–Crippen LogP) is 5.36. The number of nitrogens with zero attached hydrogens (tertiary/aromatic N) is 2. The number of para-hydroxylation sites is 1. The van der Waals surface area contributed by atoms with Gasteiger partial charge >= 0.3 is 0 Å². The van der Waals surface area contributed by atoms with E-state index in [0.717, 1.165) is 46.7 Å². The summed E-state index contributed by atoms with van der Waals surface area (Å²) in [5.41, 5.74) is 3.06. The third kappa shape index (κ3) is 7.10. The van der Waals surface area contributed by atoms with Crippen LogP contribution in [0.5, 0.6) is 0 Å². The Balaban J connectivity index is 1.68. The van der Waals surface area contributed by atoms with Gasteiger partial charge in [0.05, 0.1) is 10.6 Å². The number of amides is 2. The molecule has 0 spiro atoms. The van der Waals surface area contributed by atoms with Gasteiger partial charge in [0.1, 0.15) is 12.6 Å². The van der Waals surface area contributed by atoms with Gasteiger partial charge in [0.25, 0.3) is 10.0 Å². The molecular weight excluding hydrogens is 522 g/mol. The van der Waals surface area contributed by atoms with Crippen molar-refractivity contribution in [3.63, 3.8) is 0 Å². The molecule has 1 N–H and O–H groups in total. The topological polar surface area (TPSA) is 86.8 Å². The van der Waals surface area contributed by atoms with Gasteiger partial charge < -0.3 is 10.2 Å². The second kappa shape index (κ2) is 13.1. The molecule has 1 aliphatic carbocycles. The molecule has 0 saturated heterocycles. The van der Waals surface area contributed by atoms with Crippen LogP contribution in [-0.2, 0) is 26.2 Å². The zero-order valence-electron chi connectivity index (χ0n) is 23.5. The molecule has 8 heteroatoms. The first kappa shape index (κ1) is 29.3. The Kier molecular flexibility index (Phi) is 9.63. The summed E-state index contributed by atoms with van der Waals surface area (Å²) in [6.07, 6.45) is 5.19. The third-order valence-corrected chi connectivity index (χ3v) is 9.32. The van der Waals surface area contributed by atoms with Crippen molar-refractivity contribution in [3.05, 3.63) is 95.6 Å². The molecule has 0 aromatic heterocycles. The molecule has 2 amide bonds. The quantitative estimate of drug-likeness (QED) is 0.361. The van der Waals surface area contributed by atoms with Gasteiger partial charge in [-0.15, -0.1) is 0 Å². The van der Waals surface area contributed by atoms with Crippen molar-refractivity contribution < 1.29 is 18.0 Å². The van der Waals surface area contributed by atoms with Crippen LogP contribution < -0.4 is 9.62 Å². The Morgan fingerprint density at radius 1 is 0.900 bits per heavy atom. The number of hydrogen-bond acceptors (Lipinski definition) is 4. The number of sulfonamides is 1. The summed E-state index contributed by atoms with van der Waals surface area (Å²) >= 11 is 0. The van der Waals surface area contributed by atoms with Crippen LogP contribution in [0.2, 0.25) is 0 Å². The number of anilines is 1.